The summed E-state index contributed by atoms with van der Waals surface area (Å²) in [5.41, 5.74) is 1.49. The fraction of sp³-hybridized carbons (Fsp3) is 0.538. The van der Waals surface area contributed by atoms with Crippen molar-refractivity contribution in [1.29, 1.82) is 5.26 Å². The molecule has 16 heavy (non-hydrogen) atoms. The average molecular weight is 215 g/mol. The molecule has 0 aliphatic heterocycles. The highest BCUT2D eigenvalue weighted by molar-refractivity contribution is 5.45. The van der Waals surface area contributed by atoms with E-state index >= 15 is 0 Å². The molecular formula is C13H17N3. The standard InChI is InChI=1S/C13H17N3/c14-9-13-8-12(6-7-15-13)16-10-11-4-2-1-3-5-11/h6-8,11H,1-5,10H2,(H,15,16). The van der Waals surface area contributed by atoms with Crippen LogP contribution in [0.1, 0.15) is 37.8 Å². The molecule has 0 aromatic carbocycles. The van der Waals surface area contributed by atoms with Crippen LogP contribution in [0.25, 0.3) is 0 Å². The van der Waals surface area contributed by atoms with E-state index in [1.54, 1.807) is 6.20 Å². The number of anilines is 1. The van der Waals surface area contributed by atoms with Crippen LogP contribution in [0, 0.1) is 17.2 Å². The summed E-state index contributed by atoms with van der Waals surface area (Å²) < 4.78 is 0. The average Bonchev–Trinajstić information content (AvgIpc) is 2.38. The van der Waals surface area contributed by atoms with Gasteiger partial charge in [0.05, 0.1) is 0 Å². The van der Waals surface area contributed by atoms with Crippen molar-refractivity contribution in [2.24, 2.45) is 5.92 Å². The third-order valence-electron chi connectivity index (χ3n) is 3.19. The van der Waals surface area contributed by atoms with Crippen molar-refractivity contribution < 1.29 is 0 Å². The summed E-state index contributed by atoms with van der Waals surface area (Å²) in [6.45, 7) is 1.02. The van der Waals surface area contributed by atoms with Crippen LogP contribution >= 0.6 is 0 Å². The van der Waals surface area contributed by atoms with E-state index in [2.05, 4.69) is 16.4 Å². The van der Waals surface area contributed by atoms with Gasteiger partial charge in [-0.2, -0.15) is 5.26 Å². The molecule has 3 heteroatoms. The summed E-state index contributed by atoms with van der Waals surface area (Å²) in [7, 11) is 0. The minimum atomic E-state index is 0.480. The van der Waals surface area contributed by atoms with Crippen molar-refractivity contribution in [3.8, 4) is 6.07 Å². The molecule has 1 aliphatic rings. The van der Waals surface area contributed by atoms with Gasteiger partial charge in [-0.3, -0.25) is 0 Å². The van der Waals surface area contributed by atoms with Gasteiger partial charge in [0.15, 0.2) is 0 Å². The molecule has 3 nitrogen and oxygen atoms in total. The van der Waals surface area contributed by atoms with E-state index < -0.39 is 0 Å². The molecule has 0 amide bonds. The summed E-state index contributed by atoms with van der Waals surface area (Å²) in [6, 6.07) is 5.78. The van der Waals surface area contributed by atoms with Crippen LogP contribution in [0.4, 0.5) is 5.69 Å². The second-order valence-electron chi connectivity index (χ2n) is 4.43. The van der Waals surface area contributed by atoms with E-state index in [1.807, 2.05) is 12.1 Å². The van der Waals surface area contributed by atoms with Gasteiger partial charge >= 0.3 is 0 Å². The highest BCUT2D eigenvalue weighted by Crippen LogP contribution is 2.23. The third-order valence-corrected chi connectivity index (χ3v) is 3.19. The molecule has 1 fully saturated rings. The zero-order valence-corrected chi connectivity index (χ0v) is 9.45. The van der Waals surface area contributed by atoms with Gasteiger partial charge in [-0.05, 0) is 30.9 Å². The van der Waals surface area contributed by atoms with Gasteiger partial charge in [-0.1, -0.05) is 19.3 Å². The fourth-order valence-electron chi connectivity index (χ4n) is 2.26. The topological polar surface area (TPSA) is 48.7 Å². The maximum absolute atomic E-state index is 8.74. The second kappa shape index (κ2) is 5.50. The zero-order chi connectivity index (χ0) is 11.2. The lowest BCUT2D eigenvalue weighted by Crippen LogP contribution is -2.17. The van der Waals surface area contributed by atoms with Gasteiger partial charge < -0.3 is 5.32 Å². The molecule has 1 aromatic heterocycles. The summed E-state index contributed by atoms with van der Waals surface area (Å²) in [5.74, 6) is 0.799. The van der Waals surface area contributed by atoms with Crippen LogP contribution in [0.15, 0.2) is 18.3 Å². The van der Waals surface area contributed by atoms with Crippen LogP contribution in [0.2, 0.25) is 0 Å². The predicted octanol–water partition coefficient (Wildman–Crippen LogP) is 2.95. The van der Waals surface area contributed by atoms with Crippen LogP contribution in [-0.2, 0) is 0 Å². The van der Waals surface area contributed by atoms with Gasteiger partial charge in [0, 0.05) is 18.4 Å². The molecule has 0 unspecified atom stereocenters. The summed E-state index contributed by atoms with van der Waals surface area (Å²) in [5, 5.41) is 12.1. The smallest absolute Gasteiger partial charge is 0.142 e. The first kappa shape index (κ1) is 10.9. The Labute approximate surface area is 96.5 Å². The van der Waals surface area contributed by atoms with Crippen molar-refractivity contribution in [2.45, 2.75) is 32.1 Å². The van der Waals surface area contributed by atoms with Crippen LogP contribution < -0.4 is 5.32 Å². The van der Waals surface area contributed by atoms with Crippen LogP contribution in [0.5, 0.6) is 0 Å². The highest BCUT2D eigenvalue weighted by Gasteiger charge is 2.12. The van der Waals surface area contributed by atoms with E-state index in [4.69, 9.17) is 5.26 Å². The SMILES string of the molecule is N#Cc1cc(NCC2CCCCC2)ccn1. The minimum absolute atomic E-state index is 0.480. The monoisotopic (exact) mass is 215 g/mol. The maximum Gasteiger partial charge on any atom is 0.142 e. The number of nitrogens with zero attached hydrogens (tertiary/aromatic N) is 2. The van der Waals surface area contributed by atoms with Gasteiger partial charge in [-0.15, -0.1) is 0 Å². The number of nitriles is 1. The van der Waals surface area contributed by atoms with Gasteiger partial charge in [0.2, 0.25) is 0 Å². The second-order valence-corrected chi connectivity index (χ2v) is 4.43. The fourth-order valence-corrected chi connectivity index (χ4v) is 2.26. The number of hydrogen-bond acceptors (Lipinski definition) is 3. The Morgan fingerprint density at radius 3 is 2.94 bits per heavy atom. The third kappa shape index (κ3) is 2.96. The quantitative estimate of drug-likeness (QED) is 0.843. The lowest BCUT2D eigenvalue weighted by Gasteiger charge is -2.22. The molecule has 84 valence electrons. The zero-order valence-electron chi connectivity index (χ0n) is 9.45. The van der Waals surface area contributed by atoms with Gasteiger partial charge in [0.1, 0.15) is 11.8 Å². The van der Waals surface area contributed by atoms with E-state index in [9.17, 15) is 0 Å². The summed E-state index contributed by atoms with van der Waals surface area (Å²) in [6.07, 6.45) is 8.48. The maximum atomic E-state index is 8.74. The van der Waals surface area contributed by atoms with Crippen molar-refractivity contribution in [3.63, 3.8) is 0 Å². The Kier molecular flexibility index (Phi) is 3.76. The molecule has 2 rings (SSSR count). The van der Waals surface area contributed by atoms with E-state index in [0.717, 1.165) is 18.2 Å². The minimum Gasteiger partial charge on any atom is -0.385 e. The number of nitrogens with one attached hydrogen (secondary N) is 1. The molecule has 1 N–H and O–H groups in total. The largest absolute Gasteiger partial charge is 0.385 e. The molecule has 1 heterocycles. The molecule has 1 aromatic rings. The lowest BCUT2D eigenvalue weighted by molar-refractivity contribution is 0.373. The van der Waals surface area contributed by atoms with E-state index in [0.29, 0.717) is 5.69 Å². The predicted molar refractivity (Wildman–Crippen MR) is 64.0 cm³/mol. The molecule has 1 saturated carbocycles. The Bertz CT molecular complexity index is 375. The first-order valence-electron chi connectivity index (χ1n) is 5.98. The summed E-state index contributed by atoms with van der Waals surface area (Å²) >= 11 is 0. The Morgan fingerprint density at radius 2 is 2.19 bits per heavy atom. The number of hydrogen-bond donors (Lipinski definition) is 1. The molecule has 0 radical (unpaired) electrons. The van der Waals surface area contributed by atoms with Crippen molar-refractivity contribution >= 4 is 5.69 Å². The Morgan fingerprint density at radius 1 is 1.38 bits per heavy atom. The van der Waals surface area contributed by atoms with Gasteiger partial charge in [0.25, 0.3) is 0 Å². The molecular weight excluding hydrogens is 198 g/mol. The first-order valence-corrected chi connectivity index (χ1v) is 5.98. The molecule has 1 aliphatic carbocycles. The highest BCUT2D eigenvalue weighted by atomic mass is 14.9. The number of aromatic nitrogens is 1. The van der Waals surface area contributed by atoms with Crippen molar-refractivity contribution in [2.75, 3.05) is 11.9 Å². The van der Waals surface area contributed by atoms with Gasteiger partial charge in [-0.25, -0.2) is 4.98 Å². The Hall–Kier alpha value is -1.56. The van der Waals surface area contributed by atoms with E-state index in [-0.39, 0.29) is 0 Å². The van der Waals surface area contributed by atoms with Crippen LogP contribution in [0.3, 0.4) is 0 Å². The molecule has 0 bridgehead atoms. The molecule has 0 spiro atoms. The normalized spacial score (nSPS) is 16.7. The van der Waals surface area contributed by atoms with Crippen LogP contribution in [-0.4, -0.2) is 11.5 Å². The Balaban J connectivity index is 1.86. The van der Waals surface area contributed by atoms with Crippen molar-refractivity contribution in [3.05, 3.63) is 24.0 Å². The number of pyridine rings is 1. The van der Waals surface area contributed by atoms with Crippen molar-refractivity contribution in [1.82, 2.24) is 4.98 Å². The first-order chi connectivity index (χ1) is 7.88. The molecule has 0 saturated heterocycles. The molecule has 0 atom stereocenters. The van der Waals surface area contributed by atoms with E-state index in [1.165, 1.54) is 32.1 Å². The summed E-state index contributed by atoms with van der Waals surface area (Å²) in [4.78, 5) is 3.95. The lowest BCUT2D eigenvalue weighted by atomic mass is 9.89. The number of rotatable bonds is 3.